The van der Waals surface area contributed by atoms with Gasteiger partial charge >= 0.3 is 0 Å². The maximum absolute atomic E-state index is 5.39. The Morgan fingerprint density at radius 1 is 1.79 bits per heavy atom. The first-order valence-corrected chi connectivity index (χ1v) is 6.09. The second kappa shape index (κ2) is 4.45. The molecule has 0 spiro atoms. The fourth-order valence-corrected chi connectivity index (χ4v) is 2.14. The number of nitrogens with zero attached hydrogens (tertiary/aromatic N) is 2. The first kappa shape index (κ1) is 10.2. The predicted octanol–water partition coefficient (Wildman–Crippen LogP) is 2.38. The van der Waals surface area contributed by atoms with E-state index in [0.717, 1.165) is 24.2 Å². The highest BCUT2D eigenvalue weighted by molar-refractivity contribution is 9.08. The van der Waals surface area contributed by atoms with Gasteiger partial charge in [0.15, 0.2) is 0 Å². The first-order valence-electron chi connectivity index (χ1n) is 4.97. The Labute approximate surface area is 92.6 Å². The van der Waals surface area contributed by atoms with Crippen molar-refractivity contribution in [1.29, 1.82) is 0 Å². The molecular formula is C10H15BrN2O. The molecule has 1 aromatic rings. The van der Waals surface area contributed by atoms with Gasteiger partial charge in [-0.15, -0.1) is 0 Å². The van der Waals surface area contributed by atoms with Crippen LogP contribution in [-0.4, -0.2) is 22.8 Å². The molecule has 0 amide bonds. The van der Waals surface area contributed by atoms with E-state index in [1.165, 1.54) is 6.42 Å². The second-order valence-electron chi connectivity index (χ2n) is 3.81. The van der Waals surface area contributed by atoms with Gasteiger partial charge in [-0.25, -0.2) is 4.98 Å². The highest BCUT2D eigenvalue weighted by atomic mass is 79.9. The number of hydrogen-bond donors (Lipinski definition) is 0. The lowest BCUT2D eigenvalue weighted by molar-refractivity contribution is 0.175. The van der Waals surface area contributed by atoms with Crippen LogP contribution in [0.2, 0.25) is 0 Å². The third-order valence-electron chi connectivity index (χ3n) is 2.91. The van der Waals surface area contributed by atoms with Gasteiger partial charge < -0.3 is 9.30 Å². The SMILES string of the molecule is CC(C1CCOC1)n1cnc(CBr)c1. The number of alkyl halides is 1. The summed E-state index contributed by atoms with van der Waals surface area (Å²) in [5.74, 6) is 0.646. The average molecular weight is 259 g/mol. The Balaban J connectivity index is 2.05. The largest absolute Gasteiger partial charge is 0.381 e. The van der Waals surface area contributed by atoms with E-state index in [1.54, 1.807) is 0 Å². The molecule has 1 aliphatic rings. The summed E-state index contributed by atoms with van der Waals surface area (Å²) in [4.78, 5) is 4.30. The minimum absolute atomic E-state index is 0.498. The van der Waals surface area contributed by atoms with Crippen LogP contribution in [0.5, 0.6) is 0 Å². The van der Waals surface area contributed by atoms with Gasteiger partial charge in [-0.3, -0.25) is 0 Å². The first-order chi connectivity index (χ1) is 6.81. The highest BCUT2D eigenvalue weighted by Crippen LogP contribution is 2.25. The predicted molar refractivity (Wildman–Crippen MR) is 58.5 cm³/mol. The van der Waals surface area contributed by atoms with Crippen molar-refractivity contribution in [2.24, 2.45) is 5.92 Å². The van der Waals surface area contributed by atoms with Gasteiger partial charge in [-0.2, -0.15) is 0 Å². The molecule has 2 rings (SSSR count). The molecule has 1 aromatic heterocycles. The molecule has 0 bridgehead atoms. The molecule has 2 heterocycles. The quantitative estimate of drug-likeness (QED) is 0.779. The molecule has 1 saturated heterocycles. The maximum Gasteiger partial charge on any atom is 0.0952 e. The minimum atomic E-state index is 0.498. The normalized spacial score (nSPS) is 24.0. The number of aromatic nitrogens is 2. The topological polar surface area (TPSA) is 27.1 Å². The summed E-state index contributed by atoms with van der Waals surface area (Å²) in [6, 6.07) is 0.498. The van der Waals surface area contributed by atoms with Gasteiger partial charge in [-0.1, -0.05) is 15.9 Å². The standard InChI is InChI=1S/C10H15BrN2O/c1-8(9-2-3-14-6-9)13-5-10(4-11)12-7-13/h5,7-9H,2-4,6H2,1H3. The average Bonchev–Trinajstić information content (AvgIpc) is 2.88. The Bertz CT molecular complexity index is 294. The Morgan fingerprint density at radius 2 is 2.64 bits per heavy atom. The van der Waals surface area contributed by atoms with Crippen molar-refractivity contribution in [3.8, 4) is 0 Å². The van der Waals surface area contributed by atoms with Crippen molar-refractivity contribution in [1.82, 2.24) is 9.55 Å². The lowest BCUT2D eigenvalue weighted by Crippen LogP contribution is -2.15. The third kappa shape index (κ3) is 2.01. The van der Waals surface area contributed by atoms with Crippen LogP contribution in [0.3, 0.4) is 0 Å². The van der Waals surface area contributed by atoms with Crippen molar-refractivity contribution in [3.05, 3.63) is 18.2 Å². The number of hydrogen-bond acceptors (Lipinski definition) is 2. The third-order valence-corrected chi connectivity index (χ3v) is 3.48. The summed E-state index contributed by atoms with van der Waals surface area (Å²) in [5.41, 5.74) is 1.09. The molecule has 2 unspecified atom stereocenters. The number of imidazole rings is 1. The number of rotatable bonds is 3. The van der Waals surface area contributed by atoms with Gasteiger partial charge in [-0.05, 0) is 13.3 Å². The van der Waals surface area contributed by atoms with Gasteiger partial charge in [0.1, 0.15) is 0 Å². The molecule has 2 atom stereocenters. The fraction of sp³-hybridized carbons (Fsp3) is 0.700. The van der Waals surface area contributed by atoms with Crippen LogP contribution in [-0.2, 0) is 10.1 Å². The van der Waals surface area contributed by atoms with E-state index < -0.39 is 0 Å². The van der Waals surface area contributed by atoms with Crippen molar-refractivity contribution in [2.45, 2.75) is 24.7 Å². The summed E-state index contributed by atoms with van der Waals surface area (Å²) < 4.78 is 7.58. The summed E-state index contributed by atoms with van der Waals surface area (Å²) in [5, 5.41) is 0.827. The molecule has 0 saturated carbocycles. The monoisotopic (exact) mass is 258 g/mol. The summed E-state index contributed by atoms with van der Waals surface area (Å²) in [6.07, 6.45) is 5.19. The zero-order chi connectivity index (χ0) is 9.97. The lowest BCUT2D eigenvalue weighted by atomic mass is 10.0. The van der Waals surface area contributed by atoms with Crippen LogP contribution < -0.4 is 0 Å². The molecule has 1 aliphatic heterocycles. The van der Waals surface area contributed by atoms with Crippen molar-refractivity contribution in [3.63, 3.8) is 0 Å². The van der Waals surface area contributed by atoms with E-state index >= 15 is 0 Å². The molecule has 14 heavy (non-hydrogen) atoms. The zero-order valence-corrected chi connectivity index (χ0v) is 9.90. The van der Waals surface area contributed by atoms with E-state index in [1.807, 2.05) is 6.33 Å². The van der Waals surface area contributed by atoms with Crippen molar-refractivity contribution < 1.29 is 4.74 Å². The van der Waals surface area contributed by atoms with E-state index in [-0.39, 0.29) is 0 Å². The minimum Gasteiger partial charge on any atom is -0.381 e. The van der Waals surface area contributed by atoms with Gasteiger partial charge in [0.25, 0.3) is 0 Å². The van der Waals surface area contributed by atoms with Gasteiger partial charge in [0.2, 0.25) is 0 Å². The van der Waals surface area contributed by atoms with E-state index in [2.05, 4.69) is 38.6 Å². The summed E-state index contributed by atoms with van der Waals surface area (Å²) in [7, 11) is 0. The van der Waals surface area contributed by atoms with E-state index in [9.17, 15) is 0 Å². The Morgan fingerprint density at radius 3 is 3.21 bits per heavy atom. The van der Waals surface area contributed by atoms with E-state index in [0.29, 0.717) is 12.0 Å². The summed E-state index contributed by atoms with van der Waals surface area (Å²) in [6.45, 7) is 4.04. The molecule has 0 N–H and O–H groups in total. The summed E-state index contributed by atoms with van der Waals surface area (Å²) >= 11 is 3.40. The maximum atomic E-state index is 5.39. The molecule has 3 nitrogen and oxygen atoms in total. The second-order valence-corrected chi connectivity index (χ2v) is 4.37. The molecule has 78 valence electrons. The smallest absolute Gasteiger partial charge is 0.0952 e. The molecule has 4 heteroatoms. The van der Waals surface area contributed by atoms with Crippen LogP contribution in [0.4, 0.5) is 0 Å². The van der Waals surface area contributed by atoms with Crippen LogP contribution in [0.15, 0.2) is 12.5 Å². The zero-order valence-electron chi connectivity index (χ0n) is 8.32. The highest BCUT2D eigenvalue weighted by Gasteiger charge is 2.23. The molecule has 0 aromatic carbocycles. The molecule has 0 radical (unpaired) electrons. The van der Waals surface area contributed by atoms with Crippen molar-refractivity contribution in [2.75, 3.05) is 13.2 Å². The van der Waals surface area contributed by atoms with Gasteiger partial charge in [0, 0.05) is 30.1 Å². The Kier molecular flexibility index (Phi) is 3.23. The molecule has 1 fully saturated rings. The number of ether oxygens (including phenoxy) is 1. The van der Waals surface area contributed by atoms with Crippen LogP contribution in [0, 0.1) is 5.92 Å². The van der Waals surface area contributed by atoms with Crippen LogP contribution in [0.25, 0.3) is 0 Å². The van der Waals surface area contributed by atoms with Crippen LogP contribution >= 0.6 is 15.9 Å². The fourth-order valence-electron chi connectivity index (χ4n) is 1.85. The molecule has 0 aliphatic carbocycles. The van der Waals surface area contributed by atoms with E-state index in [4.69, 9.17) is 4.74 Å². The Hall–Kier alpha value is -0.350. The van der Waals surface area contributed by atoms with Crippen LogP contribution in [0.1, 0.15) is 25.1 Å². The van der Waals surface area contributed by atoms with Crippen molar-refractivity contribution >= 4 is 15.9 Å². The number of halogens is 1. The van der Waals surface area contributed by atoms with Gasteiger partial charge in [0.05, 0.1) is 18.6 Å². The molecular weight excluding hydrogens is 244 g/mol. The lowest BCUT2D eigenvalue weighted by Gasteiger charge is -2.18.